The first-order valence-electron chi connectivity index (χ1n) is 12.1. The van der Waals surface area contributed by atoms with E-state index in [1.165, 1.54) is 12.0 Å². The zero-order valence-corrected chi connectivity index (χ0v) is 19.8. The molecule has 1 saturated heterocycles. The van der Waals surface area contributed by atoms with Gasteiger partial charge in [-0.1, -0.05) is 50.2 Å². The number of fused-ring (bicyclic) bond motifs is 1. The average molecular weight is 450 g/mol. The van der Waals surface area contributed by atoms with Gasteiger partial charge in [-0.05, 0) is 41.5 Å². The molecule has 1 fully saturated rings. The highest BCUT2D eigenvalue weighted by Crippen LogP contribution is 2.31. The Kier molecular flexibility index (Phi) is 7.65. The van der Waals surface area contributed by atoms with Crippen LogP contribution in [0, 0.1) is 11.8 Å². The summed E-state index contributed by atoms with van der Waals surface area (Å²) >= 11 is 0. The van der Waals surface area contributed by atoms with Crippen LogP contribution in [-0.4, -0.2) is 43.0 Å². The number of rotatable bonds is 7. The maximum absolute atomic E-state index is 12.7. The molecular weight excluding hydrogens is 414 g/mol. The summed E-state index contributed by atoms with van der Waals surface area (Å²) in [5.74, 6) is 2.08. The van der Waals surface area contributed by atoms with Crippen molar-refractivity contribution in [2.24, 2.45) is 11.8 Å². The highest BCUT2D eigenvalue weighted by Gasteiger charge is 2.24. The summed E-state index contributed by atoms with van der Waals surface area (Å²) in [7, 11) is 0. The second kappa shape index (κ2) is 10.8. The Morgan fingerprint density at radius 1 is 0.970 bits per heavy atom. The fraction of sp³-hybridized carbons (Fsp3) is 0.481. The number of nitrogens with one attached hydrogen (secondary N) is 1. The van der Waals surface area contributed by atoms with Crippen LogP contribution >= 0.6 is 0 Å². The molecule has 0 spiro atoms. The molecule has 2 aliphatic rings. The van der Waals surface area contributed by atoms with E-state index in [9.17, 15) is 9.59 Å². The Hall–Kier alpha value is -2.86. The van der Waals surface area contributed by atoms with E-state index >= 15 is 0 Å². The van der Waals surface area contributed by atoms with E-state index < -0.39 is 0 Å². The smallest absolute Gasteiger partial charge is 0.227 e. The summed E-state index contributed by atoms with van der Waals surface area (Å²) in [6, 6.07) is 16.0. The lowest BCUT2D eigenvalue weighted by atomic mass is 9.91. The Balaban J connectivity index is 1.20. The van der Waals surface area contributed by atoms with E-state index in [0.717, 1.165) is 42.7 Å². The molecule has 6 heteroatoms. The number of likely N-dealkylation sites (tertiary alicyclic amines) is 1. The zero-order valence-electron chi connectivity index (χ0n) is 19.8. The molecule has 2 atom stereocenters. The minimum Gasteiger partial charge on any atom is -0.490 e. The van der Waals surface area contributed by atoms with Crippen LogP contribution in [-0.2, 0) is 22.7 Å². The fourth-order valence-corrected chi connectivity index (χ4v) is 5.01. The standard InChI is InChI=1S/C27H35N3O3/c1-20-15-21(2)18-29(17-20)19-23-9-7-22(8-10-23)16-28-26(31)11-12-27(32)30-13-14-33-25-6-4-3-5-24(25)30/h3-10,20-21H,11-19H2,1-2H3,(H,28,31). The predicted octanol–water partition coefficient (Wildman–Crippen LogP) is 3.99. The van der Waals surface area contributed by atoms with Gasteiger partial charge in [0.1, 0.15) is 12.4 Å². The quantitative estimate of drug-likeness (QED) is 0.694. The maximum atomic E-state index is 12.7. The first-order valence-corrected chi connectivity index (χ1v) is 12.1. The lowest BCUT2D eigenvalue weighted by Gasteiger charge is -2.35. The van der Waals surface area contributed by atoms with Crippen LogP contribution in [0.25, 0.3) is 0 Å². The van der Waals surface area contributed by atoms with E-state index in [4.69, 9.17) is 4.74 Å². The summed E-state index contributed by atoms with van der Waals surface area (Å²) in [6.45, 7) is 9.44. The number of ether oxygens (including phenoxy) is 1. The molecule has 2 aliphatic heterocycles. The monoisotopic (exact) mass is 449 g/mol. The molecule has 1 N–H and O–H groups in total. The van der Waals surface area contributed by atoms with Crippen LogP contribution in [0.5, 0.6) is 5.75 Å². The van der Waals surface area contributed by atoms with Crippen molar-refractivity contribution in [3.8, 4) is 5.75 Å². The van der Waals surface area contributed by atoms with Crippen LogP contribution in [0.4, 0.5) is 5.69 Å². The number of amides is 2. The van der Waals surface area contributed by atoms with Gasteiger partial charge in [0.15, 0.2) is 0 Å². The molecule has 0 aromatic heterocycles. The number of carbonyl (C=O) groups excluding carboxylic acids is 2. The number of nitrogens with zero attached hydrogens (tertiary/aromatic N) is 2. The molecule has 2 unspecified atom stereocenters. The van der Waals surface area contributed by atoms with E-state index in [-0.39, 0.29) is 24.7 Å². The first-order chi connectivity index (χ1) is 16.0. The van der Waals surface area contributed by atoms with Gasteiger partial charge in [-0.25, -0.2) is 0 Å². The van der Waals surface area contributed by atoms with Gasteiger partial charge in [0.05, 0.1) is 12.2 Å². The summed E-state index contributed by atoms with van der Waals surface area (Å²) in [5.41, 5.74) is 3.16. The summed E-state index contributed by atoms with van der Waals surface area (Å²) < 4.78 is 5.60. The minimum atomic E-state index is -0.106. The van der Waals surface area contributed by atoms with Gasteiger partial charge in [0.25, 0.3) is 0 Å². The largest absolute Gasteiger partial charge is 0.490 e. The molecule has 176 valence electrons. The number of hydrogen-bond acceptors (Lipinski definition) is 4. The lowest BCUT2D eigenvalue weighted by molar-refractivity contribution is -0.125. The highest BCUT2D eigenvalue weighted by molar-refractivity contribution is 5.97. The van der Waals surface area contributed by atoms with Crippen molar-refractivity contribution in [2.75, 3.05) is 31.1 Å². The SMILES string of the molecule is CC1CC(C)CN(Cc2ccc(CNC(=O)CCC(=O)N3CCOc4ccccc43)cc2)C1. The van der Waals surface area contributed by atoms with Crippen LogP contribution < -0.4 is 15.0 Å². The third kappa shape index (κ3) is 6.35. The van der Waals surface area contributed by atoms with Crippen LogP contribution in [0.15, 0.2) is 48.5 Å². The molecule has 4 rings (SSSR count). The summed E-state index contributed by atoms with van der Waals surface area (Å²) in [5, 5.41) is 2.94. The highest BCUT2D eigenvalue weighted by atomic mass is 16.5. The molecule has 2 heterocycles. The van der Waals surface area contributed by atoms with Crippen molar-refractivity contribution in [3.63, 3.8) is 0 Å². The van der Waals surface area contributed by atoms with Gasteiger partial charge in [-0.3, -0.25) is 14.5 Å². The molecule has 2 aromatic carbocycles. The van der Waals surface area contributed by atoms with Crippen molar-refractivity contribution < 1.29 is 14.3 Å². The number of para-hydroxylation sites is 2. The molecular formula is C27H35N3O3. The first kappa shape index (κ1) is 23.3. The van der Waals surface area contributed by atoms with Crippen molar-refractivity contribution in [1.82, 2.24) is 10.2 Å². The van der Waals surface area contributed by atoms with Crippen molar-refractivity contribution in [3.05, 3.63) is 59.7 Å². The molecule has 0 radical (unpaired) electrons. The minimum absolute atomic E-state index is 0.0494. The van der Waals surface area contributed by atoms with Gasteiger partial charge in [0.2, 0.25) is 11.8 Å². The van der Waals surface area contributed by atoms with Gasteiger partial charge in [-0.15, -0.1) is 0 Å². The third-order valence-corrected chi connectivity index (χ3v) is 6.46. The van der Waals surface area contributed by atoms with E-state index in [1.807, 2.05) is 24.3 Å². The molecule has 2 aromatic rings. The number of hydrogen-bond donors (Lipinski definition) is 1. The lowest BCUT2D eigenvalue weighted by Crippen LogP contribution is -2.38. The number of piperidine rings is 1. The van der Waals surface area contributed by atoms with Crippen molar-refractivity contribution in [2.45, 2.75) is 46.2 Å². The molecule has 2 amide bonds. The van der Waals surface area contributed by atoms with Crippen LogP contribution in [0.1, 0.15) is 44.2 Å². The molecule has 33 heavy (non-hydrogen) atoms. The van der Waals surface area contributed by atoms with Gasteiger partial charge in [-0.2, -0.15) is 0 Å². The van der Waals surface area contributed by atoms with Crippen LogP contribution in [0.3, 0.4) is 0 Å². The molecule has 6 nitrogen and oxygen atoms in total. The molecule has 0 saturated carbocycles. The Labute approximate surface area is 196 Å². The molecule has 0 bridgehead atoms. The Morgan fingerprint density at radius 2 is 1.67 bits per heavy atom. The predicted molar refractivity (Wildman–Crippen MR) is 130 cm³/mol. The molecule has 0 aliphatic carbocycles. The van der Waals surface area contributed by atoms with Crippen molar-refractivity contribution >= 4 is 17.5 Å². The third-order valence-electron chi connectivity index (χ3n) is 6.46. The Morgan fingerprint density at radius 3 is 2.42 bits per heavy atom. The Bertz CT molecular complexity index is 949. The average Bonchev–Trinajstić information content (AvgIpc) is 2.81. The normalized spacial score (nSPS) is 20.6. The van der Waals surface area contributed by atoms with Gasteiger partial charge >= 0.3 is 0 Å². The van der Waals surface area contributed by atoms with Gasteiger partial charge in [0, 0.05) is 39.0 Å². The second-order valence-electron chi connectivity index (χ2n) is 9.59. The van der Waals surface area contributed by atoms with Gasteiger partial charge < -0.3 is 15.0 Å². The second-order valence-corrected chi connectivity index (χ2v) is 9.59. The fourth-order valence-electron chi connectivity index (χ4n) is 5.01. The number of anilines is 1. The topological polar surface area (TPSA) is 61.9 Å². The van der Waals surface area contributed by atoms with Crippen molar-refractivity contribution in [1.29, 1.82) is 0 Å². The van der Waals surface area contributed by atoms with E-state index in [0.29, 0.717) is 25.4 Å². The zero-order chi connectivity index (χ0) is 23.2. The number of carbonyl (C=O) groups is 2. The van der Waals surface area contributed by atoms with Crippen LogP contribution in [0.2, 0.25) is 0 Å². The summed E-state index contributed by atoms with van der Waals surface area (Å²) in [4.78, 5) is 29.3. The van der Waals surface area contributed by atoms with E-state index in [1.54, 1.807) is 4.90 Å². The maximum Gasteiger partial charge on any atom is 0.227 e. The van der Waals surface area contributed by atoms with E-state index in [2.05, 4.69) is 48.3 Å². The summed E-state index contributed by atoms with van der Waals surface area (Å²) in [6.07, 6.45) is 1.69. The number of benzene rings is 2.